The first kappa shape index (κ1) is 12.6. The van der Waals surface area contributed by atoms with Gasteiger partial charge in [-0.2, -0.15) is 10.1 Å². The molecule has 2 N–H and O–H groups in total. The molecule has 0 radical (unpaired) electrons. The highest BCUT2D eigenvalue weighted by Crippen LogP contribution is 2.28. The van der Waals surface area contributed by atoms with Crippen molar-refractivity contribution in [3.63, 3.8) is 0 Å². The molecule has 0 aliphatic rings. The number of fused-ring (bicyclic) bond motifs is 1. The van der Waals surface area contributed by atoms with Crippen LogP contribution < -0.4 is 5.32 Å². The van der Waals surface area contributed by atoms with Gasteiger partial charge in [-0.1, -0.05) is 31.2 Å². The van der Waals surface area contributed by atoms with Crippen LogP contribution in [0.5, 0.6) is 0 Å². The van der Waals surface area contributed by atoms with E-state index in [1.165, 1.54) is 5.56 Å². The number of hydrogen-bond acceptors (Lipinski definition) is 4. The molecule has 20 heavy (non-hydrogen) atoms. The molecule has 0 fully saturated rings. The second-order valence-corrected chi connectivity index (χ2v) is 4.77. The fraction of sp³-hybridized carbons (Fsp3) is 0.267. The Bertz CT molecular complexity index is 732. The summed E-state index contributed by atoms with van der Waals surface area (Å²) in [5, 5.41) is 11.2. The fourth-order valence-corrected chi connectivity index (χ4v) is 2.19. The summed E-state index contributed by atoms with van der Waals surface area (Å²) >= 11 is 0. The van der Waals surface area contributed by atoms with Gasteiger partial charge in [-0.25, -0.2) is 4.98 Å². The zero-order chi connectivity index (χ0) is 13.9. The Hall–Kier alpha value is -2.43. The molecule has 5 nitrogen and oxygen atoms in total. The molecule has 1 aromatic carbocycles. The van der Waals surface area contributed by atoms with Crippen LogP contribution in [0, 0.1) is 6.92 Å². The Balaban J connectivity index is 2.17. The van der Waals surface area contributed by atoms with Gasteiger partial charge in [0.05, 0.1) is 17.3 Å². The fourth-order valence-electron chi connectivity index (χ4n) is 2.19. The minimum absolute atomic E-state index is 0.641. The number of nitrogens with zero attached hydrogens (tertiary/aromatic N) is 3. The van der Waals surface area contributed by atoms with Crippen molar-refractivity contribution in [1.82, 2.24) is 20.2 Å². The van der Waals surface area contributed by atoms with Crippen LogP contribution in [0.2, 0.25) is 0 Å². The van der Waals surface area contributed by atoms with Crippen molar-refractivity contribution >= 4 is 17.0 Å². The summed E-state index contributed by atoms with van der Waals surface area (Å²) in [5.41, 5.74) is 3.98. The Kier molecular flexibility index (Phi) is 3.33. The lowest BCUT2D eigenvalue weighted by Gasteiger charge is -2.09. The Morgan fingerprint density at radius 3 is 2.85 bits per heavy atom. The topological polar surface area (TPSA) is 66.5 Å². The van der Waals surface area contributed by atoms with Gasteiger partial charge in [-0.3, -0.25) is 5.10 Å². The zero-order valence-electron chi connectivity index (χ0n) is 11.6. The van der Waals surface area contributed by atoms with Gasteiger partial charge in [0.2, 0.25) is 5.95 Å². The molecule has 2 aromatic heterocycles. The Morgan fingerprint density at radius 1 is 1.20 bits per heavy atom. The Morgan fingerprint density at radius 2 is 2.05 bits per heavy atom. The molecule has 0 aliphatic carbocycles. The zero-order valence-corrected chi connectivity index (χ0v) is 11.6. The van der Waals surface area contributed by atoms with Crippen LogP contribution in [0.4, 0.5) is 5.95 Å². The van der Waals surface area contributed by atoms with Gasteiger partial charge in [0.25, 0.3) is 0 Å². The van der Waals surface area contributed by atoms with Crippen LogP contribution in [-0.4, -0.2) is 26.7 Å². The van der Waals surface area contributed by atoms with Gasteiger partial charge in [0.15, 0.2) is 5.65 Å². The second-order valence-electron chi connectivity index (χ2n) is 4.77. The minimum Gasteiger partial charge on any atom is -0.354 e. The molecule has 0 spiro atoms. The average Bonchev–Trinajstić information content (AvgIpc) is 2.93. The highest BCUT2D eigenvalue weighted by Gasteiger charge is 2.12. The van der Waals surface area contributed by atoms with Gasteiger partial charge in [-0.05, 0) is 18.9 Å². The summed E-state index contributed by atoms with van der Waals surface area (Å²) in [5.74, 6) is 0.641. The quantitative estimate of drug-likeness (QED) is 0.762. The van der Waals surface area contributed by atoms with E-state index in [4.69, 9.17) is 0 Å². The molecule has 3 aromatic rings. The van der Waals surface area contributed by atoms with E-state index in [9.17, 15) is 0 Å². The molecule has 0 atom stereocenters. The molecule has 102 valence electrons. The molecular formula is C15H17N5. The van der Waals surface area contributed by atoms with E-state index >= 15 is 0 Å². The number of rotatable bonds is 4. The van der Waals surface area contributed by atoms with E-state index in [-0.39, 0.29) is 0 Å². The molecule has 0 saturated heterocycles. The highest BCUT2D eigenvalue weighted by atomic mass is 15.2. The SMILES string of the molecule is CCCNc1nc(-c2ccccc2C)c2cn[nH]c2n1. The van der Waals surface area contributed by atoms with Crippen molar-refractivity contribution in [3.05, 3.63) is 36.0 Å². The van der Waals surface area contributed by atoms with Gasteiger partial charge < -0.3 is 5.32 Å². The number of aromatic amines is 1. The van der Waals surface area contributed by atoms with Crippen LogP contribution in [-0.2, 0) is 0 Å². The van der Waals surface area contributed by atoms with Crippen molar-refractivity contribution in [1.29, 1.82) is 0 Å². The molecule has 0 aliphatic heterocycles. The van der Waals surface area contributed by atoms with Crippen molar-refractivity contribution in [2.24, 2.45) is 0 Å². The third kappa shape index (κ3) is 2.22. The van der Waals surface area contributed by atoms with E-state index in [0.717, 1.165) is 35.3 Å². The first-order valence-electron chi connectivity index (χ1n) is 6.80. The maximum Gasteiger partial charge on any atom is 0.225 e. The number of hydrogen-bond donors (Lipinski definition) is 2. The van der Waals surface area contributed by atoms with Crippen LogP contribution >= 0.6 is 0 Å². The van der Waals surface area contributed by atoms with Crippen LogP contribution in [0.15, 0.2) is 30.5 Å². The smallest absolute Gasteiger partial charge is 0.225 e. The van der Waals surface area contributed by atoms with Crippen LogP contribution in [0.25, 0.3) is 22.3 Å². The largest absolute Gasteiger partial charge is 0.354 e. The number of anilines is 1. The van der Waals surface area contributed by atoms with E-state index in [0.29, 0.717) is 5.95 Å². The standard InChI is InChI=1S/C15H17N5/c1-3-8-16-15-18-13(11-7-5-4-6-10(11)2)12-9-17-20-14(12)19-15/h4-7,9H,3,8H2,1-2H3,(H2,16,17,18,19,20). The molecule has 5 heteroatoms. The molecule has 2 heterocycles. The molecule has 3 rings (SSSR count). The minimum atomic E-state index is 0.641. The Labute approximate surface area is 117 Å². The lowest BCUT2D eigenvalue weighted by molar-refractivity contribution is 0.955. The highest BCUT2D eigenvalue weighted by molar-refractivity contribution is 5.91. The van der Waals surface area contributed by atoms with Crippen LogP contribution in [0.3, 0.4) is 0 Å². The molecule has 0 unspecified atom stereocenters. The summed E-state index contributed by atoms with van der Waals surface area (Å²) in [6.07, 6.45) is 2.81. The number of aryl methyl sites for hydroxylation is 1. The van der Waals surface area contributed by atoms with E-state index in [1.807, 2.05) is 12.1 Å². The summed E-state index contributed by atoms with van der Waals surface area (Å²) in [6.45, 7) is 5.05. The predicted molar refractivity (Wildman–Crippen MR) is 80.6 cm³/mol. The van der Waals surface area contributed by atoms with E-state index in [2.05, 4.69) is 51.5 Å². The van der Waals surface area contributed by atoms with Crippen molar-refractivity contribution in [2.45, 2.75) is 20.3 Å². The van der Waals surface area contributed by atoms with Crippen molar-refractivity contribution < 1.29 is 0 Å². The number of H-pyrrole nitrogens is 1. The predicted octanol–water partition coefficient (Wildman–Crippen LogP) is 3.15. The number of aromatic nitrogens is 4. The van der Waals surface area contributed by atoms with Gasteiger partial charge in [0.1, 0.15) is 0 Å². The van der Waals surface area contributed by atoms with E-state index < -0.39 is 0 Å². The number of benzene rings is 1. The first-order chi connectivity index (χ1) is 9.79. The maximum absolute atomic E-state index is 4.66. The summed E-state index contributed by atoms with van der Waals surface area (Å²) in [6, 6.07) is 8.22. The summed E-state index contributed by atoms with van der Waals surface area (Å²) in [4.78, 5) is 9.11. The molecule has 0 saturated carbocycles. The van der Waals surface area contributed by atoms with Crippen molar-refractivity contribution in [3.8, 4) is 11.3 Å². The number of nitrogens with one attached hydrogen (secondary N) is 2. The van der Waals surface area contributed by atoms with Crippen LogP contribution in [0.1, 0.15) is 18.9 Å². The third-order valence-electron chi connectivity index (χ3n) is 3.24. The lowest BCUT2D eigenvalue weighted by Crippen LogP contribution is -2.05. The third-order valence-corrected chi connectivity index (χ3v) is 3.24. The average molecular weight is 267 g/mol. The first-order valence-corrected chi connectivity index (χ1v) is 6.80. The van der Waals surface area contributed by atoms with Crippen molar-refractivity contribution in [2.75, 3.05) is 11.9 Å². The van der Waals surface area contributed by atoms with Gasteiger partial charge in [-0.15, -0.1) is 0 Å². The lowest BCUT2D eigenvalue weighted by atomic mass is 10.0. The molecule has 0 bridgehead atoms. The van der Waals surface area contributed by atoms with Gasteiger partial charge >= 0.3 is 0 Å². The maximum atomic E-state index is 4.66. The van der Waals surface area contributed by atoms with Gasteiger partial charge in [0, 0.05) is 12.1 Å². The summed E-state index contributed by atoms with van der Waals surface area (Å²) < 4.78 is 0. The molecule has 0 amide bonds. The summed E-state index contributed by atoms with van der Waals surface area (Å²) in [7, 11) is 0. The normalized spacial score (nSPS) is 10.9. The van der Waals surface area contributed by atoms with E-state index in [1.54, 1.807) is 6.20 Å². The molecular weight excluding hydrogens is 250 g/mol. The monoisotopic (exact) mass is 267 g/mol. The second kappa shape index (κ2) is 5.28.